The molecule has 0 saturated heterocycles. The van der Waals surface area contributed by atoms with Crippen molar-refractivity contribution in [3.63, 3.8) is 0 Å². The fraction of sp³-hybridized carbons (Fsp3) is 0.0435. The summed E-state index contributed by atoms with van der Waals surface area (Å²) in [6.45, 7) is 4.77. The van der Waals surface area contributed by atoms with Gasteiger partial charge in [0.2, 0.25) is 0 Å². The van der Waals surface area contributed by atoms with Gasteiger partial charge in [0.05, 0.1) is 5.69 Å². The fourth-order valence-corrected chi connectivity index (χ4v) is 11.5. The third-order valence-electron chi connectivity index (χ3n) is 14.9. The van der Waals surface area contributed by atoms with Crippen molar-refractivity contribution in [2.75, 3.05) is 4.90 Å². The zero-order valence-electron chi connectivity index (χ0n) is 39.3. The highest BCUT2D eigenvalue weighted by Gasteiger charge is 2.36. The molecule has 0 N–H and O–H groups in total. The summed E-state index contributed by atoms with van der Waals surface area (Å²) >= 11 is 0. The van der Waals surface area contributed by atoms with E-state index < -0.39 is 0 Å². The van der Waals surface area contributed by atoms with Gasteiger partial charge < -0.3 is 4.90 Å². The Bertz CT molecular complexity index is 3920. The summed E-state index contributed by atoms with van der Waals surface area (Å²) in [7, 11) is 0. The van der Waals surface area contributed by atoms with E-state index >= 15 is 0 Å². The van der Waals surface area contributed by atoms with E-state index in [2.05, 4.69) is 280 Å². The molecular formula is C69H49N. The maximum Gasteiger partial charge on any atom is 0.0625 e. The van der Waals surface area contributed by atoms with Crippen LogP contribution in [0.3, 0.4) is 0 Å². The maximum atomic E-state index is 2.59. The van der Waals surface area contributed by atoms with E-state index in [0.29, 0.717) is 0 Å². The van der Waals surface area contributed by atoms with Crippen molar-refractivity contribution in [1.29, 1.82) is 0 Å². The molecule has 12 aromatic carbocycles. The number of benzene rings is 12. The summed E-state index contributed by atoms with van der Waals surface area (Å²) in [5.74, 6) is 0. The molecule has 0 atom stereocenters. The first-order valence-electron chi connectivity index (χ1n) is 24.4. The quantitative estimate of drug-likeness (QED) is 0.137. The van der Waals surface area contributed by atoms with Gasteiger partial charge in [-0.1, -0.05) is 244 Å². The Hall–Kier alpha value is -8.78. The lowest BCUT2D eigenvalue weighted by Crippen LogP contribution is -2.17. The summed E-state index contributed by atoms with van der Waals surface area (Å²) in [4.78, 5) is 2.59. The summed E-state index contributed by atoms with van der Waals surface area (Å²) in [5.41, 5.74) is 20.3. The predicted molar refractivity (Wildman–Crippen MR) is 298 cm³/mol. The number of fused-ring (bicyclic) bond motifs is 9. The van der Waals surface area contributed by atoms with Crippen molar-refractivity contribution < 1.29 is 0 Å². The lowest BCUT2D eigenvalue weighted by Gasteiger charge is -2.32. The highest BCUT2D eigenvalue weighted by Crippen LogP contribution is 2.55. The van der Waals surface area contributed by atoms with Gasteiger partial charge in [-0.25, -0.2) is 0 Å². The van der Waals surface area contributed by atoms with Crippen LogP contribution in [-0.2, 0) is 5.41 Å². The second-order valence-electron chi connectivity index (χ2n) is 19.2. The minimum absolute atomic E-state index is 0.206. The molecule has 1 aliphatic carbocycles. The van der Waals surface area contributed by atoms with Crippen molar-refractivity contribution in [2.24, 2.45) is 0 Å². The smallest absolute Gasteiger partial charge is 0.0625 e. The Morgan fingerprint density at radius 1 is 0.257 bits per heavy atom. The largest absolute Gasteiger partial charge is 0.309 e. The van der Waals surface area contributed by atoms with Gasteiger partial charge in [0.15, 0.2) is 0 Å². The van der Waals surface area contributed by atoms with Crippen LogP contribution in [0.2, 0.25) is 0 Å². The van der Waals surface area contributed by atoms with Gasteiger partial charge in [0.1, 0.15) is 0 Å². The highest BCUT2D eigenvalue weighted by atomic mass is 15.1. The topological polar surface area (TPSA) is 3.24 Å². The van der Waals surface area contributed by atoms with E-state index in [9.17, 15) is 0 Å². The van der Waals surface area contributed by atoms with Crippen LogP contribution in [0.15, 0.2) is 261 Å². The Labute approximate surface area is 410 Å². The third-order valence-corrected chi connectivity index (χ3v) is 14.9. The molecule has 1 nitrogen and oxygen atoms in total. The van der Waals surface area contributed by atoms with Gasteiger partial charge in [0.25, 0.3) is 0 Å². The minimum atomic E-state index is -0.206. The number of anilines is 3. The van der Waals surface area contributed by atoms with E-state index in [4.69, 9.17) is 0 Å². The minimum Gasteiger partial charge on any atom is -0.309 e. The van der Waals surface area contributed by atoms with Crippen LogP contribution in [0, 0.1) is 0 Å². The lowest BCUT2D eigenvalue weighted by molar-refractivity contribution is 0.660. The van der Waals surface area contributed by atoms with Crippen LogP contribution in [0.5, 0.6) is 0 Å². The summed E-state index contributed by atoms with van der Waals surface area (Å²) in [5, 5.41) is 7.39. The molecule has 0 aromatic heterocycles. The van der Waals surface area contributed by atoms with Crippen LogP contribution in [0.1, 0.15) is 25.0 Å². The van der Waals surface area contributed by atoms with Crippen LogP contribution in [0.4, 0.5) is 17.1 Å². The molecule has 0 spiro atoms. The first kappa shape index (κ1) is 41.4. The second kappa shape index (κ2) is 16.8. The number of rotatable bonds is 8. The number of nitrogens with zero attached hydrogens (tertiary/aromatic N) is 1. The molecule has 330 valence electrons. The lowest BCUT2D eigenvalue weighted by atomic mass is 9.82. The molecule has 1 heteroatoms. The normalized spacial score (nSPS) is 12.5. The summed E-state index contributed by atoms with van der Waals surface area (Å²) in [6.07, 6.45) is 0. The zero-order valence-corrected chi connectivity index (χ0v) is 39.3. The van der Waals surface area contributed by atoms with Gasteiger partial charge in [0, 0.05) is 27.7 Å². The highest BCUT2D eigenvalue weighted by molar-refractivity contribution is 6.30. The predicted octanol–water partition coefficient (Wildman–Crippen LogP) is 19.3. The van der Waals surface area contributed by atoms with E-state index in [1.165, 1.54) is 99.1 Å². The Morgan fingerprint density at radius 3 is 1.41 bits per heavy atom. The molecule has 1 aliphatic rings. The first-order chi connectivity index (χ1) is 34.5. The van der Waals surface area contributed by atoms with Crippen LogP contribution >= 0.6 is 0 Å². The molecule has 0 saturated carbocycles. The van der Waals surface area contributed by atoms with E-state index in [1.54, 1.807) is 0 Å². The molecule has 0 unspecified atom stereocenters. The van der Waals surface area contributed by atoms with Gasteiger partial charge in [-0.2, -0.15) is 0 Å². The molecule has 12 aromatic rings. The molecule has 0 amide bonds. The maximum absolute atomic E-state index is 2.59. The van der Waals surface area contributed by atoms with E-state index in [0.717, 1.165) is 28.2 Å². The van der Waals surface area contributed by atoms with Crippen molar-refractivity contribution in [2.45, 2.75) is 19.3 Å². The van der Waals surface area contributed by atoms with E-state index in [1.807, 2.05) is 0 Å². The molecule has 0 bridgehead atoms. The second-order valence-corrected chi connectivity index (χ2v) is 19.2. The van der Waals surface area contributed by atoms with Gasteiger partial charge in [-0.05, 0) is 130 Å². The number of hydrogen-bond donors (Lipinski definition) is 0. The standard InChI is InChI=1S/C69H49N/c1-69(2)65-36-19-18-34-59(65)60-40-38-52(45-66(60)69)70(51-28-20-27-50(43-51)54-30-13-12-29-53(54)47-23-8-4-9-24-47)68-63(42-41-62-57-33-15-14-31-55(57)56-32-16-17-35-61(56)67(62)68)58-39-37-49(46-21-6-3-7-22-46)44-64(58)48-25-10-5-11-26-48/h3-45H,1-2H3. The third kappa shape index (κ3) is 6.77. The molecule has 70 heavy (non-hydrogen) atoms. The molecular weight excluding hydrogens is 843 g/mol. The van der Waals surface area contributed by atoms with Crippen molar-refractivity contribution >= 4 is 49.4 Å². The van der Waals surface area contributed by atoms with Gasteiger partial charge in [-0.15, -0.1) is 0 Å². The van der Waals surface area contributed by atoms with Crippen molar-refractivity contribution in [3.05, 3.63) is 272 Å². The fourth-order valence-electron chi connectivity index (χ4n) is 11.5. The van der Waals surface area contributed by atoms with E-state index in [-0.39, 0.29) is 5.41 Å². The molecule has 0 fully saturated rings. The molecule has 0 aliphatic heterocycles. The average molecular weight is 892 g/mol. The first-order valence-corrected chi connectivity index (χ1v) is 24.4. The van der Waals surface area contributed by atoms with Crippen LogP contribution in [-0.4, -0.2) is 0 Å². The van der Waals surface area contributed by atoms with Crippen LogP contribution in [0.25, 0.3) is 99.1 Å². The monoisotopic (exact) mass is 891 g/mol. The Morgan fingerprint density at radius 2 is 0.729 bits per heavy atom. The Balaban J connectivity index is 1.17. The van der Waals surface area contributed by atoms with Gasteiger partial charge in [-0.3, -0.25) is 0 Å². The van der Waals surface area contributed by atoms with Crippen molar-refractivity contribution in [1.82, 2.24) is 0 Å². The molecule has 0 radical (unpaired) electrons. The molecule has 13 rings (SSSR count). The number of hydrogen-bond acceptors (Lipinski definition) is 1. The molecule has 0 heterocycles. The van der Waals surface area contributed by atoms with Gasteiger partial charge >= 0.3 is 0 Å². The average Bonchev–Trinajstić information content (AvgIpc) is 3.66. The zero-order chi connectivity index (χ0) is 46.8. The summed E-state index contributed by atoms with van der Waals surface area (Å²) < 4.78 is 0. The van der Waals surface area contributed by atoms with Crippen LogP contribution < -0.4 is 4.90 Å². The Kier molecular flexibility index (Phi) is 9.92. The van der Waals surface area contributed by atoms with Crippen molar-refractivity contribution in [3.8, 4) is 66.8 Å². The SMILES string of the molecule is CC1(C)c2ccccc2-c2ccc(N(c3cccc(-c4ccccc4-c4ccccc4)c3)c3c(-c4ccc(-c5ccccc5)cc4-c4ccccc4)ccc4c5ccccc5c5ccccc5c34)cc21. The summed E-state index contributed by atoms with van der Waals surface area (Å²) in [6, 6.07) is 96.6.